The zero-order valence-electron chi connectivity index (χ0n) is 14.7. The Hall–Kier alpha value is -1.60. The Kier molecular flexibility index (Phi) is 5.55. The third-order valence-corrected chi connectivity index (χ3v) is 5.51. The molecule has 24 heavy (non-hydrogen) atoms. The van der Waals surface area contributed by atoms with E-state index in [4.69, 9.17) is 4.74 Å². The summed E-state index contributed by atoms with van der Waals surface area (Å²) in [5.74, 6) is 0.329. The number of sulfonamides is 1. The Morgan fingerprint density at radius 1 is 1.17 bits per heavy atom. The highest BCUT2D eigenvalue weighted by molar-refractivity contribution is 7.89. The van der Waals surface area contributed by atoms with E-state index in [9.17, 15) is 13.2 Å². The first-order valence-electron chi connectivity index (χ1n) is 8.14. The number of benzene rings is 1. The smallest absolute Gasteiger partial charge is 0.410 e. The van der Waals surface area contributed by atoms with E-state index in [0.29, 0.717) is 19.0 Å². The van der Waals surface area contributed by atoms with Crippen LogP contribution in [0.5, 0.6) is 0 Å². The van der Waals surface area contributed by atoms with Crippen LogP contribution in [-0.2, 0) is 14.8 Å². The van der Waals surface area contributed by atoms with Crippen LogP contribution in [0.1, 0.15) is 45.1 Å². The maximum absolute atomic E-state index is 12.1. The summed E-state index contributed by atoms with van der Waals surface area (Å²) in [5, 5.41) is 0. The molecule has 0 spiro atoms. The molecule has 0 saturated carbocycles. The van der Waals surface area contributed by atoms with E-state index in [1.807, 2.05) is 32.9 Å². The lowest BCUT2D eigenvalue weighted by Crippen LogP contribution is -2.41. The van der Waals surface area contributed by atoms with Gasteiger partial charge in [0.1, 0.15) is 5.60 Å². The SMILES string of the molecule is CNS(=O)(=O)c1ccc(C2CCN(C(=O)OC(C)(C)C)CC2)cc1. The minimum Gasteiger partial charge on any atom is -0.444 e. The molecule has 1 aliphatic heterocycles. The van der Waals surface area contributed by atoms with Crippen molar-refractivity contribution in [3.63, 3.8) is 0 Å². The van der Waals surface area contributed by atoms with Crippen molar-refractivity contribution in [2.75, 3.05) is 20.1 Å². The van der Waals surface area contributed by atoms with Crippen molar-refractivity contribution in [1.29, 1.82) is 0 Å². The molecular weight excluding hydrogens is 328 g/mol. The van der Waals surface area contributed by atoms with E-state index in [2.05, 4.69) is 4.72 Å². The van der Waals surface area contributed by atoms with Gasteiger partial charge in [-0.2, -0.15) is 0 Å². The predicted molar refractivity (Wildman–Crippen MR) is 92.5 cm³/mol. The molecule has 6 nitrogen and oxygen atoms in total. The molecule has 1 saturated heterocycles. The lowest BCUT2D eigenvalue weighted by atomic mass is 9.90. The lowest BCUT2D eigenvalue weighted by Gasteiger charge is -2.33. The number of carbonyl (C=O) groups is 1. The highest BCUT2D eigenvalue weighted by atomic mass is 32.2. The normalized spacial score (nSPS) is 16.9. The van der Waals surface area contributed by atoms with Gasteiger partial charge in [-0.3, -0.25) is 0 Å². The summed E-state index contributed by atoms with van der Waals surface area (Å²) in [6.07, 6.45) is 1.42. The number of piperidine rings is 1. The van der Waals surface area contributed by atoms with Gasteiger partial charge in [0, 0.05) is 13.1 Å². The van der Waals surface area contributed by atoms with Crippen molar-refractivity contribution in [3.8, 4) is 0 Å². The first-order valence-corrected chi connectivity index (χ1v) is 9.62. The number of hydrogen-bond acceptors (Lipinski definition) is 4. The molecule has 0 atom stereocenters. The standard InChI is InChI=1S/C17H26N2O4S/c1-17(2,3)23-16(20)19-11-9-14(10-12-19)13-5-7-15(8-6-13)24(21,22)18-4/h5-8,14,18H,9-12H2,1-4H3. The Balaban J connectivity index is 1.96. The monoisotopic (exact) mass is 354 g/mol. The minimum absolute atomic E-state index is 0.264. The second-order valence-corrected chi connectivity index (χ2v) is 8.90. The first-order chi connectivity index (χ1) is 11.1. The largest absolute Gasteiger partial charge is 0.444 e. The molecule has 1 heterocycles. The van der Waals surface area contributed by atoms with Crippen LogP contribution < -0.4 is 4.72 Å². The number of nitrogens with one attached hydrogen (secondary N) is 1. The Morgan fingerprint density at radius 3 is 2.17 bits per heavy atom. The van der Waals surface area contributed by atoms with Gasteiger partial charge in [0.2, 0.25) is 10.0 Å². The number of nitrogens with zero attached hydrogens (tertiary/aromatic N) is 1. The molecule has 1 aromatic carbocycles. The molecule has 0 aromatic heterocycles. The van der Waals surface area contributed by atoms with Crippen LogP contribution in [0.3, 0.4) is 0 Å². The minimum atomic E-state index is -3.40. The van der Waals surface area contributed by atoms with Crippen molar-refractivity contribution >= 4 is 16.1 Å². The fourth-order valence-electron chi connectivity index (χ4n) is 2.76. The van der Waals surface area contributed by atoms with Crippen LogP contribution >= 0.6 is 0 Å². The van der Waals surface area contributed by atoms with Crippen LogP contribution in [0.25, 0.3) is 0 Å². The van der Waals surface area contributed by atoms with Crippen LogP contribution in [-0.4, -0.2) is 45.1 Å². The van der Waals surface area contributed by atoms with E-state index >= 15 is 0 Å². The van der Waals surface area contributed by atoms with Crippen LogP contribution in [0.4, 0.5) is 4.79 Å². The Morgan fingerprint density at radius 2 is 1.71 bits per heavy atom. The molecule has 0 radical (unpaired) electrons. The molecule has 1 N–H and O–H groups in total. The number of ether oxygens (including phenoxy) is 1. The average molecular weight is 354 g/mol. The fraction of sp³-hybridized carbons (Fsp3) is 0.588. The Labute approximate surface area is 144 Å². The summed E-state index contributed by atoms with van der Waals surface area (Å²) in [4.78, 5) is 14.1. The summed E-state index contributed by atoms with van der Waals surface area (Å²) in [6, 6.07) is 6.97. The first kappa shape index (κ1) is 18.7. The maximum atomic E-state index is 12.1. The van der Waals surface area contributed by atoms with E-state index in [1.54, 1.807) is 17.0 Å². The molecule has 2 rings (SSSR count). The highest BCUT2D eigenvalue weighted by Crippen LogP contribution is 2.29. The van der Waals surface area contributed by atoms with Gasteiger partial charge >= 0.3 is 6.09 Å². The molecule has 7 heteroatoms. The molecule has 0 aliphatic carbocycles. The molecule has 1 amide bonds. The topological polar surface area (TPSA) is 75.7 Å². The van der Waals surface area contributed by atoms with E-state index < -0.39 is 15.6 Å². The van der Waals surface area contributed by atoms with Gasteiger partial charge in [-0.1, -0.05) is 12.1 Å². The fourth-order valence-corrected chi connectivity index (χ4v) is 3.49. The van der Waals surface area contributed by atoms with E-state index in [-0.39, 0.29) is 11.0 Å². The Bertz CT molecular complexity index is 670. The third kappa shape index (κ3) is 4.70. The second kappa shape index (κ2) is 7.11. The quantitative estimate of drug-likeness (QED) is 0.905. The summed E-state index contributed by atoms with van der Waals surface area (Å²) in [6.45, 7) is 6.88. The lowest BCUT2D eigenvalue weighted by molar-refractivity contribution is 0.0205. The van der Waals surface area contributed by atoms with Crippen molar-refractivity contribution < 1.29 is 17.9 Å². The van der Waals surface area contributed by atoms with Gasteiger partial charge in [-0.05, 0) is 64.3 Å². The number of carbonyl (C=O) groups excluding carboxylic acids is 1. The van der Waals surface area contributed by atoms with Crippen molar-refractivity contribution in [3.05, 3.63) is 29.8 Å². The predicted octanol–water partition coefficient (Wildman–Crippen LogP) is 2.71. The third-order valence-electron chi connectivity index (χ3n) is 4.08. The molecule has 0 bridgehead atoms. The second-order valence-electron chi connectivity index (χ2n) is 7.02. The zero-order chi connectivity index (χ0) is 18.0. The van der Waals surface area contributed by atoms with Gasteiger partial charge < -0.3 is 9.64 Å². The number of rotatable bonds is 3. The number of amides is 1. The molecule has 134 valence electrons. The summed E-state index contributed by atoms with van der Waals surface area (Å²) >= 11 is 0. The van der Waals surface area contributed by atoms with E-state index in [1.165, 1.54) is 7.05 Å². The van der Waals surface area contributed by atoms with Gasteiger partial charge in [-0.25, -0.2) is 17.9 Å². The van der Waals surface area contributed by atoms with Crippen molar-refractivity contribution in [2.45, 2.75) is 50.0 Å². The number of hydrogen-bond donors (Lipinski definition) is 1. The van der Waals surface area contributed by atoms with Crippen LogP contribution in [0.2, 0.25) is 0 Å². The van der Waals surface area contributed by atoms with Crippen molar-refractivity contribution in [2.24, 2.45) is 0 Å². The van der Waals surface area contributed by atoms with E-state index in [0.717, 1.165) is 18.4 Å². The summed E-state index contributed by atoms with van der Waals surface area (Å²) in [5.41, 5.74) is 0.622. The molecule has 1 aromatic rings. The van der Waals surface area contributed by atoms with Crippen molar-refractivity contribution in [1.82, 2.24) is 9.62 Å². The van der Waals surface area contributed by atoms with Gasteiger partial charge in [0.15, 0.2) is 0 Å². The summed E-state index contributed by atoms with van der Waals surface area (Å²) < 4.78 is 31.2. The molecule has 1 aliphatic rings. The molecular formula is C17H26N2O4S. The highest BCUT2D eigenvalue weighted by Gasteiger charge is 2.27. The van der Waals surface area contributed by atoms with Gasteiger partial charge in [0.05, 0.1) is 4.90 Å². The van der Waals surface area contributed by atoms with Gasteiger partial charge in [0.25, 0.3) is 0 Å². The van der Waals surface area contributed by atoms with Crippen LogP contribution in [0.15, 0.2) is 29.2 Å². The van der Waals surface area contributed by atoms with Crippen LogP contribution in [0, 0.1) is 0 Å². The number of likely N-dealkylation sites (tertiary alicyclic amines) is 1. The zero-order valence-corrected chi connectivity index (χ0v) is 15.5. The average Bonchev–Trinajstić information content (AvgIpc) is 2.53. The molecule has 0 unspecified atom stereocenters. The summed E-state index contributed by atoms with van der Waals surface area (Å²) in [7, 11) is -2.00. The maximum Gasteiger partial charge on any atom is 0.410 e. The molecule has 1 fully saturated rings. The van der Waals surface area contributed by atoms with Gasteiger partial charge in [-0.15, -0.1) is 0 Å².